The van der Waals surface area contributed by atoms with Gasteiger partial charge >= 0.3 is 0 Å². The van der Waals surface area contributed by atoms with Crippen molar-refractivity contribution >= 4 is 17.7 Å². The quantitative estimate of drug-likeness (QED) is 0.689. The Kier molecular flexibility index (Phi) is 6.08. The standard InChI is InChI=1S/C17H22FN5O2S/c1-22(10-12-7-8-15(25-2)14(18)9-12)16(24)11-26-17-19-20-21-23(17)13-5-3-4-6-13/h7-9,13H,3-6,10-11H2,1-2H3. The molecule has 1 fully saturated rings. The molecule has 140 valence electrons. The number of thioether (sulfide) groups is 1. The molecule has 3 rings (SSSR count). The van der Waals surface area contributed by atoms with Crippen molar-refractivity contribution in [3.63, 3.8) is 0 Å². The van der Waals surface area contributed by atoms with Crippen LogP contribution in [-0.2, 0) is 11.3 Å². The summed E-state index contributed by atoms with van der Waals surface area (Å²) < 4.78 is 20.5. The minimum Gasteiger partial charge on any atom is -0.494 e. The Morgan fingerprint density at radius 2 is 2.19 bits per heavy atom. The molecule has 0 spiro atoms. The molecule has 0 bridgehead atoms. The Balaban J connectivity index is 1.55. The lowest BCUT2D eigenvalue weighted by Crippen LogP contribution is -2.28. The zero-order chi connectivity index (χ0) is 18.5. The van der Waals surface area contributed by atoms with Crippen molar-refractivity contribution in [2.45, 2.75) is 43.4 Å². The summed E-state index contributed by atoms with van der Waals surface area (Å²) in [5.41, 5.74) is 0.708. The molecule has 1 heterocycles. The monoisotopic (exact) mass is 379 g/mol. The van der Waals surface area contributed by atoms with Gasteiger partial charge in [0.2, 0.25) is 11.1 Å². The molecule has 0 saturated heterocycles. The molecular weight excluding hydrogens is 357 g/mol. The molecule has 9 heteroatoms. The van der Waals surface area contributed by atoms with Gasteiger partial charge in [0.05, 0.1) is 18.9 Å². The summed E-state index contributed by atoms with van der Waals surface area (Å²) in [5.74, 6) is -0.0671. The largest absolute Gasteiger partial charge is 0.494 e. The van der Waals surface area contributed by atoms with Gasteiger partial charge in [0, 0.05) is 13.6 Å². The van der Waals surface area contributed by atoms with E-state index in [9.17, 15) is 9.18 Å². The summed E-state index contributed by atoms with van der Waals surface area (Å²) in [4.78, 5) is 14.0. The fourth-order valence-corrected chi connectivity index (χ4v) is 3.95. The molecule has 0 N–H and O–H groups in total. The first kappa shape index (κ1) is 18.6. The minimum absolute atomic E-state index is 0.0628. The number of nitrogens with zero attached hydrogens (tertiary/aromatic N) is 5. The van der Waals surface area contributed by atoms with Crippen LogP contribution in [0.15, 0.2) is 23.4 Å². The molecule has 0 aliphatic heterocycles. The van der Waals surface area contributed by atoms with Gasteiger partial charge in [-0.15, -0.1) is 5.10 Å². The number of rotatable bonds is 7. The summed E-state index contributed by atoms with van der Waals surface area (Å²) in [7, 11) is 3.12. The average Bonchev–Trinajstić information content (AvgIpc) is 3.30. The maximum atomic E-state index is 13.8. The normalized spacial score (nSPS) is 14.6. The molecule has 1 aliphatic carbocycles. The van der Waals surface area contributed by atoms with E-state index in [-0.39, 0.29) is 17.4 Å². The highest BCUT2D eigenvalue weighted by Gasteiger charge is 2.22. The molecule has 2 aromatic rings. The van der Waals surface area contributed by atoms with Crippen molar-refractivity contribution in [3.05, 3.63) is 29.6 Å². The zero-order valence-corrected chi connectivity index (χ0v) is 15.7. The highest BCUT2D eigenvalue weighted by molar-refractivity contribution is 7.99. The van der Waals surface area contributed by atoms with Gasteiger partial charge in [0.25, 0.3) is 0 Å². The number of tetrazole rings is 1. The SMILES string of the molecule is COc1ccc(CN(C)C(=O)CSc2nnnn2C2CCCC2)cc1F. The van der Waals surface area contributed by atoms with Crippen LogP contribution >= 0.6 is 11.8 Å². The highest BCUT2D eigenvalue weighted by Crippen LogP contribution is 2.31. The third kappa shape index (κ3) is 4.32. The van der Waals surface area contributed by atoms with Crippen LogP contribution in [0.2, 0.25) is 0 Å². The lowest BCUT2D eigenvalue weighted by atomic mass is 10.2. The maximum absolute atomic E-state index is 13.8. The van der Waals surface area contributed by atoms with E-state index in [0.29, 0.717) is 23.3 Å². The van der Waals surface area contributed by atoms with Gasteiger partial charge in [-0.25, -0.2) is 9.07 Å². The van der Waals surface area contributed by atoms with E-state index in [1.165, 1.54) is 37.8 Å². The fourth-order valence-electron chi connectivity index (χ4n) is 3.07. The smallest absolute Gasteiger partial charge is 0.233 e. The van der Waals surface area contributed by atoms with Gasteiger partial charge in [-0.3, -0.25) is 4.79 Å². The minimum atomic E-state index is -0.434. The second-order valence-electron chi connectivity index (χ2n) is 6.35. The average molecular weight is 379 g/mol. The summed E-state index contributed by atoms with van der Waals surface area (Å²) in [6.07, 6.45) is 4.54. The second-order valence-corrected chi connectivity index (χ2v) is 7.29. The number of methoxy groups -OCH3 is 1. The number of ether oxygens (including phenoxy) is 1. The number of aromatic nitrogens is 4. The fraction of sp³-hybridized carbons (Fsp3) is 0.529. The molecule has 0 unspecified atom stereocenters. The third-order valence-electron chi connectivity index (χ3n) is 4.52. The predicted molar refractivity (Wildman–Crippen MR) is 95.5 cm³/mol. The maximum Gasteiger partial charge on any atom is 0.233 e. The van der Waals surface area contributed by atoms with Gasteiger partial charge in [0.1, 0.15) is 0 Å². The van der Waals surface area contributed by atoms with Crippen LogP contribution in [0.5, 0.6) is 5.75 Å². The summed E-state index contributed by atoms with van der Waals surface area (Å²) in [5, 5.41) is 12.5. The summed E-state index contributed by atoms with van der Waals surface area (Å²) in [6, 6.07) is 5.03. The predicted octanol–water partition coefficient (Wildman–Crippen LogP) is 2.69. The number of carbonyl (C=O) groups is 1. The van der Waals surface area contributed by atoms with E-state index in [4.69, 9.17) is 4.74 Å². The van der Waals surface area contributed by atoms with Crippen LogP contribution in [0.1, 0.15) is 37.3 Å². The molecule has 0 atom stereocenters. The van der Waals surface area contributed by atoms with E-state index >= 15 is 0 Å². The number of benzene rings is 1. The molecule has 1 aliphatic rings. The zero-order valence-electron chi connectivity index (χ0n) is 14.9. The van der Waals surface area contributed by atoms with Crippen molar-refractivity contribution in [1.29, 1.82) is 0 Å². The number of hydrogen-bond donors (Lipinski definition) is 0. The highest BCUT2D eigenvalue weighted by atomic mass is 32.2. The van der Waals surface area contributed by atoms with Crippen LogP contribution in [-0.4, -0.2) is 50.9 Å². The van der Waals surface area contributed by atoms with Gasteiger partial charge in [-0.2, -0.15) is 0 Å². The Hall–Kier alpha value is -2.16. The van der Waals surface area contributed by atoms with Crippen molar-refractivity contribution in [2.75, 3.05) is 19.9 Å². The number of carbonyl (C=O) groups excluding carboxylic acids is 1. The molecule has 1 amide bonds. The Morgan fingerprint density at radius 3 is 2.88 bits per heavy atom. The first-order chi connectivity index (χ1) is 12.6. The first-order valence-electron chi connectivity index (χ1n) is 8.55. The molecule has 26 heavy (non-hydrogen) atoms. The van der Waals surface area contributed by atoms with Gasteiger partial charge in [-0.05, 0) is 41.0 Å². The van der Waals surface area contributed by atoms with Crippen LogP contribution in [0.3, 0.4) is 0 Å². The van der Waals surface area contributed by atoms with Crippen LogP contribution in [0.4, 0.5) is 4.39 Å². The van der Waals surface area contributed by atoms with Gasteiger partial charge in [-0.1, -0.05) is 30.7 Å². The second kappa shape index (κ2) is 8.48. The Bertz CT molecular complexity index is 763. The lowest BCUT2D eigenvalue weighted by molar-refractivity contribution is -0.127. The van der Waals surface area contributed by atoms with Crippen LogP contribution < -0.4 is 4.74 Å². The molecule has 1 aromatic carbocycles. The summed E-state index contributed by atoms with van der Waals surface area (Å²) >= 11 is 1.34. The van der Waals surface area contributed by atoms with Crippen molar-refractivity contribution in [3.8, 4) is 5.75 Å². The number of hydrogen-bond acceptors (Lipinski definition) is 6. The van der Waals surface area contributed by atoms with E-state index in [1.54, 1.807) is 24.1 Å². The van der Waals surface area contributed by atoms with Crippen LogP contribution in [0.25, 0.3) is 0 Å². The topological polar surface area (TPSA) is 73.1 Å². The van der Waals surface area contributed by atoms with Gasteiger partial charge < -0.3 is 9.64 Å². The van der Waals surface area contributed by atoms with E-state index in [2.05, 4.69) is 15.5 Å². The van der Waals surface area contributed by atoms with Crippen molar-refractivity contribution in [1.82, 2.24) is 25.1 Å². The molecule has 1 aromatic heterocycles. The van der Waals surface area contributed by atoms with Gasteiger partial charge in [0.15, 0.2) is 11.6 Å². The number of amides is 1. The van der Waals surface area contributed by atoms with Crippen molar-refractivity contribution < 1.29 is 13.9 Å². The van der Waals surface area contributed by atoms with Crippen molar-refractivity contribution in [2.24, 2.45) is 0 Å². The summed E-state index contributed by atoms with van der Waals surface area (Å²) in [6.45, 7) is 0.327. The van der Waals surface area contributed by atoms with E-state index in [0.717, 1.165) is 12.8 Å². The number of halogens is 1. The molecular formula is C17H22FN5O2S. The third-order valence-corrected chi connectivity index (χ3v) is 5.44. The van der Waals surface area contributed by atoms with Crippen LogP contribution in [0, 0.1) is 5.82 Å². The first-order valence-corrected chi connectivity index (χ1v) is 9.54. The Labute approximate surface area is 155 Å². The lowest BCUT2D eigenvalue weighted by Gasteiger charge is -2.17. The molecule has 0 radical (unpaired) electrons. The van der Waals surface area contributed by atoms with E-state index < -0.39 is 5.82 Å². The Morgan fingerprint density at radius 1 is 1.42 bits per heavy atom. The van der Waals surface area contributed by atoms with E-state index in [1.807, 2.05) is 4.68 Å². The molecule has 7 nitrogen and oxygen atoms in total. The molecule has 1 saturated carbocycles.